The van der Waals surface area contributed by atoms with Crippen molar-refractivity contribution in [1.29, 1.82) is 0 Å². The van der Waals surface area contributed by atoms with Crippen LogP contribution in [0, 0.1) is 0 Å². The van der Waals surface area contributed by atoms with E-state index in [-0.39, 0.29) is 0 Å². The molecule has 2 rings (SSSR count). The second kappa shape index (κ2) is 8.98. The number of nitrogen functional groups attached to an aromatic ring is 1. The van der Waals surface area contributed by atoms with Crippen molar-refractivity contribution in [1.82, 2.24) is 0 Å². The highest BCUT2D eigenvalue weighted by Gasteiger charge is 2.07. The van der Waals surface area contributed by atoms with Gasteiger partial charge in [0.2, 0.25) is 0 Å². The summed E-state index contributed by atoms with van der Waals surface area (Å²) in [5.74, 6) is 0.792. The predicted octanol–water partition coefficient (Wildman–Crippen LogP) is 3.62. The zero-order chi connectivity index (χ0) is 16.5. The van der Waals surface area contributed by atoms with Crippen LogP contribution in [0.5, 0.6) is 5.75 Å². The van der Waals surface area contributed by atoms with Crippen LogP contribution in [0.3, 0.4) is 0 Å². The largest absolute Gasteiger partial charge is 0.491 e. The van der Waals surface area contributed by atoms with E-state index in [2.05, 4.69) is 6.58 Å². The third kappa shape index (κ3) is 5.13. The van der Waals surface area contributed by atoms with Crippen molar-refractivity contribution in [3.05, 3.63) is 54.6 Å². The van der Waals surface area contributed by atoms with Gasteiger partial charge in [0.25, 0.3) is 0 Å². The molecule has 2 aromatic carbocycles. The van der Waals surface area contributed by atoms with Crippen molar-refractivity contribution < 1.29 is 14.2 Å². The number of hydrogen-bond donors (Lipinski definition) is 1. The van der Waals surface area contributed by atoms with Gasteiger partial charge in [-0.15, -0.1) is 0 Å². The van der Waals surface area contributed by atoms with E-state index in [4.69, 9.17) is 19.9 Å². The van der Waals surface area contributed by atoms with Crippen LogP contribution in [0.4, 0.5) is 5.69 Å². The van der Waals surface area contributed by atoms with Crippen LogP contribution in [0.25, 0.3) is 17.2 Å². The Kier molecular flexibility index (Phi) is 6.66. The fourth-order valence-corrected chi connectivity index (χ4v) is 2.15. The van der Waals surface area contributed by atoms with Crippen molar-refractivity contribution in [2.45, 2.75) is 0 Å². The monoisotopic (exact) mass is 313 g/mol. The first-order chi connectivity index (χ1) is 11.2. The molecule has 0 aliphatic heterocycles. The highest BCUT2D eigenvalue weighted by Crippen LogP contribution is 2.32. The quantitative estimate of drug-likeness (QED) is 0.567. The molecule has 0 radical (unpaired) electrons. The molecule has 0 aliphatic rings. The number of nitrogens with two attached hydrogens (primary N) is 1. The second-order valence-electron chi connectivity index (χ2n) is 5.04. The normalized spacial score (nSPS) is 10.5. The third-order valence-corrected chi connectivity index (χ3v) is 3.38. The molecular formula is C19H23NO3. The second-order valence-corrected chi connectivity index (χ2v) is 5.04. The number of methoxy groups -OCH3 is 1. The highest BCUT2D eigenvalue weighted by atomic mass is 16.5. The van der Waals surface area contributed by atoms with Crippen molar-refractivity contribution in [2.24, 2.45) is 0 Å². The summed E-state index contributed by atoms with van der Waals surface area (Å²) in [6, 6.07) is 13.8. The van der Waals surface area contributed by atoms with Gasteiger partial charge in [-0.05, 0) is 29.3 Å². The molecule has 0 aliphatic carbocycles. The van der Waals surface area contributed by atoms with Gasteiger partial charge in [-0.3, -0.25) is 0 Å². The molecular weight excluding hydrogens is 290 g/mol. The number of ether oxygens (including phenoxy) is 3. The van der Waals surface area contributed by atoms with E-state index in [9.17, 15) is 0 Å². The van der Waals surface area contributed by atoms with Gasteiger partial charge in [-0.2, -0.15) is 0 Å². The van der Waals surface area contributed by atoms with E-state index in [1.165, 1.54) is 0 Å². The zero-order valence-corrected chi connectivity index (χ0v) is 13.5. The van der Waals surface area contributed by atoms with Gasteiger partial charge in [0, 0.05) is 18.4 Å². The average molecular weight is 313 g/mol. The molecule has 2 N–H and O–H groups in total. The summed E-state index contributed by atoms with van der Waals surface area (Å²) in [7, 11) is 1.65. The van der Waals surface area contributed by atoms with Crippen LogP contribution < -0.4 is 10.5 Å². The zero-order valence-electron chi connectivity index (χ0n) is 13.5. The maximum Gasteiger partial charge on any atom is 0.127 e. The van der Waals surface area contributed by atoms with E-state index >= 15 is 0 Å². The molecule has 2 aromatic rings. The molecule has 23 heavy (non-hydrogen) atoms. The topological polar surface area (TPSA) is 53.7 Å². The van der Waals surface area contributed by atoms with E-state index in [1.54, 1.807) is 7.11 Å². The predicted molar refractivity (Wildman–Crippen MR) is 94.6 cm³/mol. The fourth-order valence-electron chi connectivity index (χ4n) is 2.15. The number of benzene rings is 2. The molecule has 0 saturated carbocycles. The van der Waals surface area contributed by atoms with Crippen LogP contribution in [0.1, 0.15) is 5.56 Å². The Morgan fingerprint density at radius 3 is 2.43 bits per heavy atom. The van der Waals surface area contributed by atoms with Gasteiger partial charge < -0.3 is 19.9 Å². The summed E-state index contributed by atoms with van der Waals surface area (Å²) >= 11 is 0. The maximum absolute atomic E-state index is 5.92. The maximum atomic E-state index is 5.92. The lowest BCUT2D eigenvalue weighted by atomic mass is 10.0. The Balaban J connectivity index is 2.06. The van der Waals surface area contributed by atoms with Gasteiger partial charge in [0.05, 0.1) is 19.8 Å². The Hall–Kier alpha value is -2.30. The molecule has 0 unspecified atom stereocenters. The van der Waals surface area contributed by atoms with Crippen molar-refractivity contribution in [3.63, 3.8) is 0 Å². The molecule has 0 amide bonds. The first-order valence-electron chi connectivity index (χ1n) is 7.56. The van der Waals surface area contributed by atoms with Crippen LogP contribution >= 0.6 is 0 Å². The summed E-state index contributed by atoms with van der Waals surface area (Å²) in [5.41, 5.74) is 9.72. The summed E-state index contributed by atoms with van der Waals surface area (Å²) in [6.45, 7) is 5.92. The Labute approximate surface area is 137 Å². The Morgan fingerprint density at radius 1 is 1.00 bits per heavy atom. The van der Waals surface area contributed by atoms with E-state index in [0.717, 1.165) is 22.4 Å². The van der Waals surface area contributed by atoms with Gasteiger partial charge in [-0.1, -0.05) is 36.9 Å². The summed E-state index contributed by atoms with van der Waals surface area (Å²) in [4.78, 5) is 0. The highest BCUT2D eigenvalue weighted by molar-refractivity contribution is 5.74. The standard InChI is InChI=1S/C19H23NO3/c1-3-15-4-6-16(7-5-15)18-14-17(20)8-9-19(18)23-13-12-22-11-10-21-2/h3-9,14H,1,10-13,20H2,2H3. The minimum absolute atomic E-state index is 0.478. The van der Waals surface area contributed by atoms with Crippen molar-refractivity contribution in [3.8, 4) is 16.9 Å². The first kappa shape index (κ1) is 17.1. The minimum atomic E-state index is 0.478. The molecule has 0 fully saturated rings. The SMILES string of the molecule is C=Cc1ccc(-c2cc(N)ccc2OCCOCCOC)cc1. The molecule has 0 saturated heterocycles. The van der Waals surface area contributed by atoms with Crippen LogP contribution in [-0.4, -0.2) is 33.5 Å². The molecule has 4 nitrogen and oxygen atoms in total. The number of hydrogen-bond acceptors (Lipinski definition) is 4. The lowest BCUT2D eigenvalue weighted by molar-refractivity contribution is 0.0545. The van der Waals surface area contributed by atoms with E-state index < -0.39 is 0 Å². The molecule has 122 valence electrons. The lowest BCUT2D eigenvalue weighted by Gasteiger charge is -2.13. The number of anilines is 1. The number of rotatable bonds is 9. The van der Waals surface area contributed by atoms with Crippen LogP contribution in [-0.2, 0) is 9.47 Å². The van der Waals surface area contributed by atoms with Crippen LogP contribution in [0.15, 0.2) is 49.0 Å². The molecule has 0 heterocycles. The van der Waals surface area contributed by atoms with E-state index in [1.807, 2.05) is 48.5 Å². The fraction of sp³-hybridized carbons (Fsp3) is 0.263. The van der Waals surface area contributed by atoms with E-state index in [0.29, 0.717) is 32.1 Å². The Bertz CT molecular complexity index is 623. The molecule has 0 bridgehead atoms. The summed E-state index contributed by atoms with van der Waals surface area (Å²) in [5, 5.41) is 0. The minimum Gasteiger partial charge on any atom is -0.491 e. The molecule has 0 spiro atoms. The Morgan fingerprint density at radius 2 is 1.74 bits per heavy atom. The third-order valence-electron chi connectivity index (χ3n) is 3.38. The molecule has 0 aromatic heterocycles. The summed E-state index contributed by atoms with van der Waals surface area (Å²) < 4.78 is 16.2. The lowest BCUT2D eigenvalue weighted by Crippen LogP contribution is -2.10. The van der Waals surface area contributed by atoms with Crippen LogP contribution in [0.2, 0.25) is 0 Å². The van der Waals surface area contributed by atoms with Gasteiger partial charge >= 0.3 is 0 Å². The molecule has 4 heteroatoms. The van der Waals surface area contributed by atoms with Gasteiger partial charge in [0.15, 0.2) is 0 Å². The van der Waals surface area contributed by atoms with Crippen molar-refractivity contribution in [2.75, 3.05) is 39.3 Å². The smallest absolute Gasteiger partial charge is 0.127 e. The van der Waals surface area contributed by atoms with Crippen molar-refractivity contribution >= 4 is 11.8 Å². The summed E-state index contributed by atoms with van der Waals surface area (Å²) in [6.07, 6.45) is 1.82. The average Bonchev–Trinajstić information content (AvgIpc) is 2.59. The first-order valence-corrected chi connectivity index (χ1v) is 7.56. The van der Waals surface area contributed by atoms with Gasteiger partial charge in [0.1, 0.15) is 12.4 Å². The molecule has 0 atom stereocenters. The van der Waals surface area contributed by atoms with Gasteiger partial charge in [-0.25, -0.2) is 0 Å².